The van der Waals surface area contributed by atoms with Crippen molar-refractivity contribution in [2.45, 2.75) is 37.9 Å². The van der Waals surface area contributed by atoms with Gasteiger partial charge >= 0.3 is 0 Å². The Morgan fingerprint density at radius 3 is 2.63 bits per heavy atom. The lowest BCUT2D eigenvalue weighted by molar-refractivity contribution is 0.522. The first-order valence-corrected chi connectivity index (χ1v) is 14.4. The highest BCUT2D eigenvalue weighted by atomic mass is 32.2. The summed E-state index contributed by atoms with van der Waals surface area (Å²) in [5, 5.41) is 3.82. The first-order valence-electron chi connectivity index (χ1n) is 11.7. The Morgan fingerprint density at radius 2 is 1.83 bits per heavy atom. The highest BCUT2D eigenvalue weighted by Crippen LogP contribution is 2.33. The Hall–Kier alpha value is -3.17. The van der Waals surface area contributed by atoms with Gasteiger partial charge in [-0.25, -0.2) is 23.4 Å². The number of allylic oxidation sites excluding steroid dienone is 2. The Kier molecular flexibility index (Phi) is 6.62. The first-order chi connectivity index (χ1) is 16.8. The highest BCUT2D eigenvalue weighted by Gasteiger charge is 2.24. The van der Waals surface area contributed by atoms with Gasteiger partial charge in [-0.1, -0.05) is 24.3 Å². The Morgan fingerprint density at radius 1 is 1.03 bits per heavy atom. The molecule has 4 aromatic heterocycles. The molecule has 0 fully saturated rings. The summed E-state index contributed by atoms with van der Waals surface area (Å²) in [4.78, 5) is 18.9. The average molecular weight is 506 g/mol. The quantitative estimate of drug-likeness (QED) is 0.361. The van der Waals surface area contributed by atoms with Gasteiger partial charge in [0.1, 0.15) is 26.0 Å². The molecule has 1 N–H and O–H groups in total. The fourth-order valence-electron chi connectivity index (χ4n) is 4.54. The molecule has 0 aliphatic heterocycles. The normalized spacial score (nSPS) is 20.6. The van der Waals surface area contributed by atoms with E-state index < -0.39 is 9.84 Å². The van der Waals surface area contributed by atoms with E-state index in [9.17, 15) is 8.42 Å². The van der Waals surface area contributed by atoms with Crippen LogP contribution in [-0.4, -0.2) is 39.9 Å². The monoisotopic (exact) mass is 505 g/mol. The summed E-state index contributed by atoms with van der Waals surface area (Å²) in [6.07, 6.45) is 12.0. The highest BCUT2D eigenvalue weighted by molar-refractivity contribution is 7.91. The van der Waals surface area contributed by atoms with Crippen LogP contribution in [0.15, 0.2) is 61.1 Å². The van der Waals surface area contributed by atoms with Crippen molar-refractivity contribution in [3.05, 3.63) is 66.6 Å². The maximum absolute atomic E-state index is 12.1. The minimum Gasteiger partial charge on any atom is -0.316 e. The molecule has 7 nitrogen and oxygen atoms in total. The number of nitrogens with one attached hydrogen (secondary N) is 1. The molecule has 1 aliphatic rings. The zero-order valence-electron chi connectivity index (χ0n) is 19.7. The average Bonchev–Trinajstić information content (AvgIpc) is 3.22. The second-order valence-electron chi connectivity index (χ2n) is 9.08. The molecular formula is C26H27N5O2S2. The second kappa shape index (κ2) is 9.83. The van der Waals surface area contributed by atoms with Crippen LogP contribution in [0.2, 0.25) is 0 Å². The molecule has 35 heavy (non-hydrogen) atoms. The van der Waals surface area contributed by atoms with Crippen LogP contribution < -0.4 is 5.32 Å². The van der Waals surface area contributed by atoms with E-state index in [1.807, 2.05) is 36.4 Å². The van der Waals surface area contributed by atoms with Gasteiger partial charge in [-0.2, -0.15) is 0 Å². The van der Waals surface area contributed by atoms with Crippen molar-refractivity contribution in [1.82, 2.24) is 19.9 Å². The molecule has 2 atom stereocenters. The smallest absolute Gasteiger partial charge is 0.190 e. The summed E-state index contributed by atoms with van der Waals surface area (Å²) in [7, 11) is -3.01. The predicted molar refractivity (Wildman–Crippen MR) is 142 cm³/mol. The van der Waals surface area contributed by atoms with E-state index >= 15 is 0 Å². The topological polar surface area (TPSA) is 97.7 Å². The van der Waals surface area contributed by atoms with Gasteiger partial charge in [-0.05, 0) is 79.1 Å². The van der Waals surface area contributed by atoms with E-state index in [0.29, 0.717) is 12.8 Å². The summed E-state index contributed by atoms with van der Waals surface area (Å²) in [6, 6.07) is 11.9. The molecule has 0 amide bonds. The fraction of sp³-hybridized carbons (Fsp3) is 0.308. The van der Waals surface area contributed by atoms with Crippen molar-refractivity contribution in [3.63, 3.8) is 0 Å². The number of fused-ring (bicyclic) bond motifs is 1. The van der Waals surface area contributed by atoms with Crippen molar-refractivity contribution in [1.29, 1.82) is 0 Å². The number of thiazole rings is 1. The van der Waals surface area contributed by atoms with E-state index in [-0.39, 0.29) is 11.2 Å². The third-order valence-electron chi connectivity index (χ3n) is 6.30. The summed E-state index contributed by atoms with van der Waals surface area (Å²) in [5.74, 6) is 0.917. The molecule has 0 bridgehead atoms. The first kappa shape index (κ1) is 23.6. The summed E-state index contributed by atoms with van der Waals surface area (Å²) >= 11 is 1.49. The van der Waals surface area contributed by atoms with Gasteiger partial charge in [0.15, 0.2) is 5.13 Å². The summed E-state index contributed by atoms with van der Waals surface area (Å²) in [6.45, 7) is 2.10. The van der Waals surface area contributed by atoms with Crippen molar-refractivity contribution in [2.24, 2.45) is 5.92 Å². The molecule has 0 saturated carbocycles. The molecular weight excluding hydrogens is 478 g/mol. The molecule has 0 aromatic carbocycles. The van der Waals surface area contributed by atoms with E-state index in [0.717, 1.165) is 51.0 Å². The van der Waals surface area contributed by atoms with Crippen LogP contribution in [0.25, 0.3) is 27.2 Å². The molecule has 1 unspecified atom stereocenters. The summed E-state index contributed by atoms with van der Waals surface area (Å²) < 4.78 is 24.1. The van der Waals surface area contributed by atoms with Crippen LogP contribution in [0.3, 0.4) is 0 Å². The lowest BCUT2D eigenvalue weighted by Crippen LogP contribution is -2.23. The molecule has 0 radical (unpaired) electrons. The second-order valence-corrected chi connectivity index (χ2v) is 12.4. The number of sulfone groups is 1. The number of hydrogen-bond donors (Lipinski definition) is 1. The number of nitrogens with zero attached hydrogens (tertiary/aromatic N) is 4. The fourth-order valence-corrected chi connectivity index (χ4v) is 6.63. The van der Waals surface area contributed by atoms with Gasteiger partial charge in [0.2, 0.25) is 0 Å². The van der Waals surface area contributed by atoms with Crippen LogP contribution in [0.4, 0.5) is 10.9 Å². The zero-order valence-corrected chi connectivity index (χ0v) is 21.3. The number of hydrogen-bond acceptors (Lipinski definition) is 8. The third-order valence-corrected chi connectivity index (χ3v) is 8.82. The lowest BCUT2D eigenvalue weighted by Gasteiger charge is -2.22. The standard InChI is InChI=1S/C26H27N5O2S2/c1-17-14-19(4-3-5-21(15-17)35(2,32)33)20-10-13-28-24(16-20)31-26-30-23-7-6-22(29-25(23)34-26)18-8-11-27-12-9-18/h6-14,16-17,21H,3-5,15H2,1-2H3,(H,28,30,31)/b19-14-/t17-,21?/m0/s1. The number of pyridine rings is 3. The SMILES string of the molecule is C[C@H]1/C=C(\c2ccnc(Nc3nc4ccc(-c5ccncc5)nc4s3)c2)CCCC(S(C)(=O)=O)C1. The molecule has 4 aromatic rings. The predicted octanol–water partition coefficient (Wildman–Crippen LogP) is 5.90. The molecule has 180 valence electrons. The summed E-state index contributed by atoms with van der Waals surface area (Å²) in [5.41, 5.74) is 5.08. The largest absolute Gasteiger partial charge is 0.316 e. The van der Waals surface area contributed by atoms with E-state index in [1.54, 1.807) is 18.6 Å². The van der Waals surface area contributed by atoms with Crippen molar-refractivity contribution < 1.29 is 8.42 Å². The molecule has 4 heterocycles. The number of aromatic nitrogens is 4. The molecule has 5 rings (SSSR count). The van der Waals surface area contributed by atoms with Crippen LogP contribution in [0.5, 0.6) is 0 Å². The van der Waals surface area contributed by atoms with Gasteiger partial charge in [-0.15, -0.1) is 0 Å². The third kappa shape index (κ3) is 5.57. The van der Waals surface area contributed by atoms with E-state index in [4.69, 9.17) is 4.98 Å². The number of anilines is 2. The van der Waals surface area contributed by atoms with Gasteiger partial charge in [0.25, 0.3) is 0 Å². The Labute approximate surface area is 209 Å². The Balaban J connectivity index is 1.36. The Bertz CT molecular complexity index is 1480. The van der Waals surface area contributed by atoms with Gasteiger partial charge < -0.3 is 5.32 Å². The van der Waals surface area contributed by atoms with Crippen LogP contribution >= 0.6 is 11.3 Å². The van der Waals surface area contributed by atoms with Crippen molar-refractivity contribution in [3.8, 4) is 11.3 Å². The zero-order chi connectivity index (χ0) is 24.4. The molecule has 0 saturated heterocycles. The molecule has 1 aliphatic carbocycles. The maximum atomic E-state index is 12.1. The molecule has 9 heteroatoms. The molecule has 0 spiro atoms. The van der Waals surface area contributed by atoms with Crippen LogP contribution in [0.1, 0.15) is 38.2 Å². The van der Waals surface area contributed by atoms with Gasteiger partial charge in [0, 0.05) is 30.4 Å². The van der Waals surface area contributed by atoms with Gasteiger partial charge in [0.05, 0.1) is 10.9 Å². The van der Waals surface area contributed by atoms with Crippen molar-refractivity contribution in [2.75, 3.05) is 11.6 Å². The van der Waals surface area contributed by atoms with Crippen LogP contribution in [-0.2, 0) is 9.84 Å². The van der Waals surface area contributed by atoms with Gasteiger partial charge in [-0.3, -0.25) is 4.98 Å². The maximum Gasteiger partial charge on any atom is 0.190 e. The lowest BCUT2D eigenvalue weighted by atomic mass is 9.90. The number of rotatable bonds is 5. The minimum atomic E-state index is -3.01. The van der Waals surface area contributed by atoms with E-state index in [2.05, 4.69) is 33.3 Å². The van der Waals surface area contributed by atoms with Crippen molar-refractivity contribution >= 4 is 48.0 Å². The van der Waals surface area contributed by atoms with E-state index in [1.165, 1.54) is 23.2 Å². The minimum absolute atomic E-state index is 0.194. The van der Waals surface area contributed by atoms with Crippen LogP contribution in [0, 0.1) is 5.92 Å².